The van der Waals surface area contributed by atoms with E-state index in [9.17, 15) is 0 Å². The third-order valence-corrected chi connectivity index (χ3v) is 3.07. The molecule has 0 radical (unpaired) electrons. The quantitative estimate of drug-likeness (QED) is 0.460. The minimum Gasteiger partial charge on any atom is -0.301 e. The van der Waals surface area contributed by atoms with Crippen molar-refractivity contribution in [2.75, 3.05) is 31.0 Å². The third kappa shape index (κ3) is 7.65. The Morgan fingerprint density at radius 1 is 1.23 bits per heavy atom. The number of rotatable bonds is 8. The van der Waals surface area contributed by atoms with Crippen molar-refractivity contribution in [2.24, 2.45) is 0 Å². The Hall–Kier alpha value is 0.600. The maximum atomic E-state index is 5.68. The molecule has 0 fully saturated rings. The van der Waals surface area contributed by atoms with Gasteiger partial charge in [0.15, 0.2) is 0 Å². The highest BCUT2D eigenvalue weighted by Crippen LogP contribution is 2.04. The SMILES string of the molecule is CSCCCN(CCCCl)C(C)C. The zero-order valence-corrected chi connectivity index (χ0v) is 10.6. The number of nitrogens with zero attached hydrogens (tertiary/aromatic N) is 1. The first-order chi connectivity index (χ1) is 6.22. The van der Waals surface area contributed by atoms with E-state index in [0.29, 0.717) is 6.04 Å². The highest BCUT2D eigenvalue weighted by atomic mass is 35.5. The Bertz CT molecular complexity index is 109. The molecule has 0 spiro atoms. The van der Waals surface area contributed by atoms with Gasteiger partial charge in [0, 0.05) is 11.9 Å². The molecule has 0 heterocycles. The van der Waals surface area contributed by atoms with E-state index in [4.69, 9.17) is 11.6 Å². The number of hydrogen-bond donors (Lipinski definition) is 0. The second-order valence-corrected chi connectivity index (χ2v) is 4.88. The molecule has 3 heteroatoms. The largest absolute Gasteiger partial charge is 0.301 e. The summed E-state index contributed by atoms with van der Waals surface area (Å²) in [6.07, 6.45) is 4.57. The van der Waals surface area contributed by atoms with Crippen LogP contribution in [-0.2, 0) is 0 Å². The van der Waals surface area contributed by atoms with E-state index >= 15 is 0 Å². The van der Waals surface area contributed by atoms with E-state index in [1.807, 2.05) is 11.8 Å². The van der Waals surface area contributed by atoms with Crippen LogP contribution in [0.5, 0.6) is 0 Å². The van der Waals surface area contributed by atoms with Gasteiger partial charge < -0.3 is 4.90 Å². The first-order valence-electron chi connectivity index (χ1n) is 5.01. The summed E-state index contributed by atoms with van der Waals surface area (Å²) < 4.78 is 0. The Balaban J connectivity index is 3.54. The van der Waals surface area contributed by atoms with Gasteiger partial charge in [-0.2, -0.15) is 11.8 Å². The van der Waals surface area contributed by atoms with Crippen LogP contribution in [0.4, 0.5) is 0 Å². The second-order valence-electron chi connectivity index (χ2n) is 3.52. The highest BCUT2D eigenvalue weighted by molar-refractivity contribution is 7.98. The van der Waals surface area contributed by atoms with E-state index in [0.717, 1.165) is 18.8 Å². The van der Waals surface area contributed by atoms with Gasteiger partial charge >= 0.3 is 0 Å². The van der Waals surface area contributed by atoms with Crippen LogP contribution in [0.25, 0.3) is 0 Å². The molecule has 0 bridgehead atoms. The van der Waals surface area contributed by atoms with Crippen molar-refractivity contribution in [3.63, 3.8) is 0 Å². The summed E-state index contributed by atoms with van der Waals surface area (Å²) in [5, 5.41) is 0. The van der Waals surface area contributed by atoms with Crippen molar-refractivity contribution in [2.45, 2.75) is 32.7 Å². The van der Waals surface area contributed by atoms with Crippen LogP contribution in [-0.4, -0.2) is 41.9 Å². The van der Waals surface area contributed by atoms with Crippen LogP contribution in [0, 0.1) is 0 Å². The predicted molar refractivity (Wildman–Crippen MR) is 65.0 cm³/mol. The first kappa shape index (κ1) is 13.6. The highest BCUT2D eigenvalue weighted by Gasteiger charge is 2.07. The molecule has 0 aliphatic heterocycles. The normalized spacial score (nSPS) is 11.5. The van der Waals surface area contributed by atoms with Crippen LogP contribution in [0.2, 0.25) is 0 Å². The molecule has 0 aromatic carbocycles. The molecule has 0 amide bonds. The zero-order valence-electron chi connectivity index (χ0n) is 9.05. The molecule has 0 aromatic rings. The van der Waals surface area contributed by atoms with Crippen molar-refractivity contribution in [3.05, 3.63) is 0 Å². The average molecular weight is 224 g/mol. The smallest absolute Gasteiger partial charge is 0.0235 e. The van der Waals surface area contributed by atoms with Crippen molar-refractivity contribution < 1.29 is 0 Å². The number of halogens is 1. The van der Waals surface area contributed by atoms with E-state index in [-0.39, 0.29) is 0 Å². The summed E-state index contributed by atoms with van der Waals surface area (Å²) in [5.41, 5.74) is 0. The Morgan fingerprint density at radius 2 is 1.85 bits per heavy atom. The standard InChI is InChI=1S/C10H22ClNS/c1-10(2)12(7-4-6-11)8-5-9-13-3/h10H,4-9H2,1-3H3. The summed E-state index contributed by atoms with van der Waals surface area (Å²) in [6, 6.07) is 0.657. The summed E-state index contributed by atoms with van der Waals surface area (Å²) >= 11 is 7.61. The molecule has 0 aliphatic carbocycles. The van der Waals surface area contributed by atoms with E-state index in [1.165, 1.54) is 18.7 Å². The topological polar surface area (TPSA) is 3.24 Å². The Morgan fingerprint density at radius 3 is 2.31 bits per heavy atom. The fraction of sp³-hybridized carbons (Fsp3) is 1.00. The fourth-order valence-electron chi connectivity index (χ4n) is 1.30. The van der Waals surface area contributed by atoms with Crippen LogP contribution >= 0.6 is 23.4 Å². The lowest BCUT2D eigenvalue weighted by Gasteiger charge is -2.25. The lowest BCUT2D eigenvalue weighted by atomic mass is 10.2. The molecular weight excluding hydrogens is 202 g/mol. The summed E-state index contributed by atoms with van der Waals surface area (Å²) in [4.78, 5) is 2.51. The molecule has 1 nitrogen and oxygen atoms in total. The summed E-state index contributed by atoms with van der Waals surface area (Å²) in [6.45, 7) is 6.88. The maximum absolute atomic E-state index is 5.68. The maximum Gasteiger partial charge on any atom is 0.0235 e. The molecule has 13 heavy (non-hydrogen) atoms. The molecule has 0 saturated heterocycles. The molecule has 0 rings (SSSR count). The summed E-state index contributed by atoms with van der Waals surface area (Å²) in [7, 11) is 0. The molecule has 0 N–H and O–H groups in total. The Labute approximate surface area is 92.2 Å². The molecular formula is C10H22ClNS. The molecule has 0 unspecified atom stereocenters. The van der Waals surface area contributed by atoms with Gasteiger partial charge in [0.1, 0.15) is 0 Å². The predicted octanol–water partition coefficient (Wildman–Crippen LogP) is 3.08. The van der Waals surface area contributed by atoms with Gasteiger partial charge in [-0.05, 0) is 51.8 Å². The van der Waals surface area contributed by atoms with Crippen LogP contribution < -0.4 is 0 Å². The second kappa shape index (κ2) is 9.17. The molecule has 80 valence electrons. The van der Waals surface area contributed by atoms with Crippen LogP contribution in [0.1, 0.15) is 26.7 Å². The van der Waals surface area contributed by atoms with E-state index in [1.54, 1.807) is 0 Å². The lowest BCUT2D eigenvalue weighted by molar-refractivity contribution is 0.224. The monoisotopic (exact) mass is 223 g/mol. The van der Waals surface area contributed by atoms with Crippen molar-refractivity contribution in [1.82, 2.24) is 4.90 Å². The summed E-state index contributed by atoms with van der Waals surface area (Å²) in [5.74, 6) is 2.05. The van der Waals surface area contributed by atoms with Crippen molar-refractivity contribution >= 4 is 23.4 Å². The van der Waals surface area contributed by atoms with Gasteiger partial charge in [-0.3, -0.25) is 0 Å². The van der Waals surface area contributed by atoms with Gasteiger partial charge in [0.05, 0.1) is 0 Å². The van der Waals surface area contributed by atoms with Gasteiger partial charge in [-0.25, -0.2) is 0 Å². The number of hydrogen-bond acceptors (Lipinski definition) is 2. The number of thioether (sulfide) groups is 1. The van der Waals surface area contributed by atoms with E-state index < -0.39 is 0 Å². The van der Waals surface area contributed by atoms with Crippen molar-refractivity contribution in [1.29, 1.82) is 0 Å². The zero-order chi connectivity index (χ0) is 10.1. The molecule has 0 aromatic heterocycles. The van der Waals surface area contributed by atoms with Crippen molar-refractivity contribution in [3.8, 4) is 0 Å². The van der Waals surface area contributed by atoms with Crippen LogP contribution in [0.3, 0.4) is 0 Å². The first-order valence-corrected chi connectivity index (χ1v) is 6.94. The lowest BCUT2D eigenvalue weighted by Crippen LogP contribution is -2.33. The van der Waals surface area contributed by atoms with Crippen LogP contribution in [0.15, 0.2) is 0 Å². The van der Waals surface area contributed by atoms with Gasteiger partial charge in [0.2, 0.25) is 0 Å². The van der Waals surface area contributed by atoms with Gasteiger partial charge in [0.25, 0.3) is 0 Å². The van der Waals surface area contributed by atoms with Gasteiger partial charge in [-0.15, -0.1) is 11.6 Å². The Kier molecular flexibility index (Phi) is 9.59. The van der Waals surface area contributed by atoms with Gasteiger partial charge in [-0.1, -0.05) is 0 Å². The fourth-order valence-corrected chi connectivity index (χ4v) is 1.84. The average Bonchev–Trinajstić information content (AvgIpc) is 2.10. The van der Waals surface area contributed by atoms with E-state index in [2.05, 4.69) is 25.0 Å². The number of alkyl halides is 1. The minimum atomic E-state index is 0.657. The third-order valence-electron chi connectivity index (χ3n) is 2.10. The molecule has 0 saturated carbocycles. The molecule has 0 aliphatic rings. The minimum absolute atomic E-state index is 0.657. The molecule has 0 atom stereocenters.